The van der Waals surface area contributed by atoms with Crippen molar-refractivity contribution in [3.8, 4) is 0 Å². The van der Waals surface area contributed by atoms with E-state index in [0.717, 1.165) is 13.1 Å². The largest absolute Gasteiger partial charge is 0.759 e. The Morgan fingerprint density at radius 3 is 1.89 bits per heavy atom. The average Bonchev–Trinajstić information content (AvgIpc) is 2.17. The highest BCUT2D eigenvalue weighted by Gasteiger charge is 2.06. The van der Waals surface area contributed by atoms with Gasteiger partial charge in [0.1, 0.15) is 0 Å². The molecule has 0 atom stereocenters. The van der Waals surface area contributed by atoms with E-state index in [9.17, 15) is 0 Å². The molecule has 1 saturated heterocycles. The van der Waals surface area contributed by atoms with Gasteiger partial charge in [0, 0.05) is 16.9 Å². The predicted octanol–water partition coefficient (Wildman–Crippen LogP) is -0.812. The highest BCUT2D eigenvalue weighted by molar-refractivity contribution is 7.79. The van der Waals surface area contributed by atoms with Crippen molar-refractivity contribution >= 4 is 16.4 Å². The third kappa shape index (κ3) is 17.1. The molecular formula is C10H22N4O4S-2. The normalized spacial score (nSPS) is 17.6. The second-order valence-corrected chi connectivity index (χ2v) is 5.14. The molecule has 0 radical (unpaired) electrons. The molecule has 4 N–H and O–H groups in total. The van der Waals surface area contributed by atoms with Crippen molar-refractivity contribution in [3.05, 3.63) is 0 Å². The molecular weight excluding hydrogens is 272 g/mol. The Bertz CT molecular complexity index is 339. The fourth-order valence-corrected chi connectivity index (χ4v) is 1.86. The van der Waals surface area contributed by atoms with Gasteiger partial charge in [0.15, 0.2) is 5.96 Å². The zero-order chi connectivity index (χ0) is 14.7. The standard InChI is InChI=1S/C10H22N4.H2O4S/c11-10(12)13-6-9-14-7-4-2-1-3-5-8-14;1-5(2,3)4/h1-9H2,(H4,11,12,13);(H2,1,2,3,4)/p-2. The van der Waals surface area contributed by atoms with E-state index in [4.69, 9.17) is 29.0 Å². The highest BCUT2D eigenvalue weighted by atomic mass is 32.3. The molecule has 0 aromatic heterocycles. The van der Waals surface area contributed by atoms with E-state index in [1.54, 1.807) is 0 Å². The lowest BCUT2D eigenvalue weighted by Crippen LogP contribution is -2.31. The summed E-state index contributed by atoms with van der Waals surface area (Å²) in [7, 11) is -5.17. The van der Waals surface area contributed by atoms with E-state index >= 15 is 0 Å². The third-order valence-electron chi connectivity index (χ3n) is 2.66. The molecule has 8 nitrogen and oxygen atoms in total. The van der Waals surface area contributed by atoms with Crippen LogP contribution in [0.5, 0.6) is 0 Å². The zero-order valence-corrected chi connectivity index (χ0v) is 11.8. The van der Waals surface area contributed by atoms with Crippen molar-refractivity contribution in [1.82, 2.24) is 4.90 Å². The second-order valence-electron chi connectivity index (χ2n) is 4.32. The fourth-order valence-electron chi connectivity index (χ4n) is 1.86. The maximum absolute atomic E-state index is 8.52. The van der Waals surface area contributed by atoms with Crippen molar-refractivity contribution in [3.63, 3.8) is 0 Å². The van der Waals surface area contributed by atoms with E-state index in [1.165, 1.54) is 45.2 Å². The SMILES string of the molecule is NC(N)=NCCN1CCCCCCC1.O=S(=O)([O-])[O-]. The first-order chi connectivity index (χ1) is 8.79. The lowest BCUT2D eigenvalue weighted by molar-refractivity contribution is 0.254. The van der Waals surface area contributed by atoms with Gasteiger partial charge < -0.3 is 25.5 Å². The first-order valence-electron chi connectivity index (χ1n) is 6.23. The van der Waals surface area contributed by atoms with Gasteiger partial charge in [0.05, 0.1) is 6.54 Å². The molecule has 1 aliphatic heterocycles. The monoisotopic (exact) mass is 294 g/mol. The van der Waals surface area contributed by atoms with Crippen LogP contribution >= 0.6 is 0 Å². The van der Waals surface area contributed by atoms with Crippen LogP contribution in [0.2, 0.25) is 0 Å². The summed E-state index contributed by atoms with van der Waals surface area (Å²) in [6, 6.07) is 0. The Labute approximate surface area is 114 Å². The van der Waals surface area contributed by atoms with Crippen LogP contribution in [0.4, 0.5) is 0 Å². The maximum Gasteiger partial charge on any atom is 0.185 e. The number of hydrogen-bond donors (Lipinski definition) is 2. The van der Waals surface area contributed by atoms with Crippen LogP contribution in [0.15, 0.2) is 4.99 Å². The molecule has 0 aromatic rings. The summed E-state index contributed by atoms with van der Waals surface area (Å²) < 4.78 is 34.1. The molecule has 0 unspecified atom stereocenters. The van der Waals surface area contributed by atoms with E-state index < -0.39 is 10.4 Å². The minimum absolute atomic E-state index is 0.206. The van der Waals surface area contributed by atoms with Crippen LogP contribution in [-0.2, 0) is 10.4 Å². The van der Waals surface area contributed by atoms with Crippen LogP contribution in [0.25, 0.3) is 0 Å². The van der Waals surface area contributed by atoms with Crippen LogP contribution in [-0.4, -0.2) is 54.6 Å². The second kappa shape index (κ2) is 9.96. The molecule has 1 heterocycles. The van der Waals surface area contributed by atoms with Crippen LogP contribution in [0.3, 0.4) is 0 Å². The summed E-state index contributed by atoms with van der Waals surface area (Å²) >= 11 is 0. The molecule has 0 aromatic carbocycles. The van der Waals surface area contributed by atoms with Gasteiger partial charge >= 0.3 is 0 Å². The number of rotatable bonds is 3. The number of nitrogens with zero attached hydrogens (tertiary/aromatic N) is 2. The lowest BCUT2D eigenvalue weighted by atomic mass is 10.1. The molecule has 114 valence electrons. The van der Waals surface area contributed by atoms with E-state index in [0.29, 0.717) is 0 Å². The maximum atomic E-state index is 8.52. The lowest BCUT2D eigenvalue weighted by Gasteiger charge is -2.23. The molecule has 0 amide bonds. The molecule has 1 aliphatic rings. The molecule has 0 spiro atoms. The van der Waals surface area contributed by atoms with E-state index in [1.807, 2.05) is 0 Å². The molecule has 0 aliphatic carbocycles. The van der Waals surface area contributed by atoms with Crippen molar-refractivity contribution in [2.75, 3.05) is 26.2 Å². The van der Waals surface area contributed by atoms with Crippen molar-refractivity contribution in [2.45, 2.75) is 32.1 Å². The molecule has 1 fully saturated rings. The van der Waals surface area contributed by atoms with Crippen molar-refractivity contribution in [1.29, 1.82) is 0 Å². The molecule has 0 saturated carbocycles. The summed E-state index contributed by atoms with van der Waals surface area (Å²) in [6.07, 6.45) is 6.79. The summed E-state index contributed by atoms with van der Waals surface area (Å²) in [5, 5.41) is 0. The molecule has 9 heteroatoms. The van der Waals surface area contributed by atoms with Gasteiger partial charge in [-0.1, -0.05) is 19.3 Å². The Kier molecular flexibility index (Phi) is 9.48. The van der Waals surface area contributed by atoms with Gasteiger partial charge in [0.2, 0.25) is 0 Å². The van der Waals surface area contributed by atoms with Crippen LogP contribution in [0.1, 0.15) is 32.1 Å². The number of guanidine groups is 1. The van der Waals surface area contributed by atoms with Crippen LogP contribution in [0, 0.1) is 0 Å². The Hall–Kier alpha value is -0.900. The van der Waals surface area contributed by atoms with Gasteiger partial charge in [-0.15, -0.1) is 0 Å². The van der Waals surface area contributed by atoms with Gasteiger partial charge in [-0.25, -0.2) is 0 Å². The predicted molar refractivity (Wildman–Crippen MR) is 70.7 cm³/mol. The minimum Gasteiger partial charge on any atom is -0.759 e. The average molecular weight is 294 g/mol. The Morgan fingerprint density at radius 1 is 1.05 bits per heavy atom. The number of hydrogen-bond acceptors (Lipinski definition) is 6. The van der Waals surface area contributed by atoms with E-state index in [-0.39, 0.29) is 5.96 Å². The zero-order valence-electron chi connectivity index (χ0n) is 11.0. The Morgan fingerprint density at radius 2 is 1.47 bits per heavy atom. The third-order valence-corrected chi connectivity index (χ3v) is 2.66. The molecule has 0 bridgehead atoms. The van der Waals surface area contributed by atoms with Crippen molar-refractivity contribution in [2.24, 2.45) is 16.5 Å². The Balaban J connectivity index is 0.000000555. The summed E-state index contributed by atoms with van der Waals surface area (Å²) in [5.41, 5.74) is 10.5. The topological polar surface area (TPSA) is 148 Å². The van der Waals surface area contributed by atoms with Gasteiger partial charge in [-0.2, -0.15) is 0 Å². The number of nitrogens with two attached hydrogens (primary N) is 2. The minimum atomic E-state index is -5.17. The fraction of sp³-hybridized carbons (Fsp3) is 0.900. The molecule has 19 heavy (non-hydrogen) atoms. The first-order valence-corrected chi connectivity index (χ1v) is 7.57. The summed E-state index contributed by atoms with van der Waals surface area (Å²) in [6.45, 7) is 4.15. The molecule has 1 rings (SSSR count). The highest BCUT2D eigenvalue weighted by Crippen LogP contribution is 2.09. The summed E-state index contributed by atoms with van der Waals surface area (Å²) in [5.74, 6) is 0.206. The number of aliphatic imine (C=N–C) groups is 1. The smallest absolute Gasteiger partial charge is 0.185 e. The van der Waals surface area contributed by atoms with Crippen LogP contribution < -0.4 is 11.5 Å². The van der Waals surface area contributed by atoms with E-state index in [2.05, 4.69) is 9.89 Å². The van der Waals surface area contributed by atoms with Gasteiger partial charge in [0.25, 0.3) is 0 Å². The quantitative estimate of drug-likeness (QED) is 0.299. The van der Waals surface area contributed by atoms with Crippen molar-refractivity contribution < 1.29 is 17.5 Å². The van der Waals surface area contributed by atoms with Gasteiger partial charge in [-0.3, -0.25) is 13.4 Å². The first kappa shape index (κ1) is 18.1. The summed E-state index contributed by atoms with van der Waals surface area (Å²) in [4.78, 5) is 6.47. The van der Waals surface area contributed by atoms with Gasteiger partial charge in [-0.05, 0) is 25.9 Å². The number of likely N-dealkylation sites (tertiary alicyclic amines) is 1.